The first-order chi connectivity index (χ1) is 6.31. The van der Waals surface area contributed by atoms with E-state index in [1.807, 2.05) is 12.1 Å². The van der Waals surface area contributed by atoms with Gasteiger partial charge in [0, 0.05) is 0 Å². The molecule has 0 spiro atoms. The van der Waals surface area contributed by atoms with E-state index in [1.165, 1.54) is 0 Å². The van der Waals surface area contributed by atoms with E-state index < -0.39 is 0 Å². The number of nitriles is 1. The summed E-state index contributed by atoms with van der Waals surface area (Å²) in [6, 6.07) is 7.64. The van der Waals surface area contributed by atoms with Crippen LogP contribution in [0.1, 0.15) is 35.6 Å². The molecule has 0 heterocycles. The van der Waals surface area contributed by atoms with Crippen LogP contribution in [0.25, 0.3) is 0 Å². The van der Waals surface area contributed by atoms with Crippen LogP contribution >= 0.6 is 0 Å². The van der Waals surface area contributed by atoms with Gasteiger partial charge in [0.25, 0.3) is 0 Å². The second-order valence-electron chi connectivity index (χ2n) is 3.43. The molecule has 1 aromatic rings. The molecule has 0 saturated heterocycles. The van der Waals surface area contributed by atoms with Crippen LogP contribution in [0, 0.1) is 11.3 Å². The van der Waals surface area contributed by atoms with Gasteiger partial charge in [0.05, 0.1) is 17.7 Å². The van der Waals surface area contributed by atoms with Crippen molar-refractivity contribution in [1.82, 2.24) is 0 Å². The molecule has 0 fully saturated rings. The largest absolute Gasteiger partial charge is 0.388 e. The molecule has 1 aliphatic carbocycles. The van der Waals surface area contributed by atoms with Gasteiger partial charge in [0.15, 0.2) is 0 Å². The Bertz CT molecular complexity index is 365. The summed E-state index contributed by atoms with van der Waals surface area (Å²) >= 11 is 0. The van der Waals surface area contributed by atoms with Crippen LogP contribution in [0.4, 0.5) is 0 Å². The smallest absolute Gasteiger partial charge is 0.0991 e. The lowest BCUT2D eigenvalue weighted by Crippen LogP contribution is -2.08. The summed E-state index contributed by atoms with van der Waals surface area (Å²) in [6.07, 6.45) is 2.53. The molecule has 2 rings (SSSR count). The van der Waals surface area contributed by atoms with Gasteiger partial charge in [-0.25, -0.2) is 0 Å². The van der Waals surface area contributed by atoms with Crippen molar-refractivity contribution in [3.63, 3.8) is 0 Å². The number of fused-ring (bicyclic) bond motifs is 1. The molecule has 0 radical (unpaired) electrons. The van der Waals surface area contributed by atoms with Gasteiger partial charge in [0.2, 0.25) is 0 Å². The van der Waals surface area contributed by atoms with Crippen LogP contribution in [0.2, 0.25) is 0 Å². The Balaban J connectivity index is 2.47. The van der Waals surface area contributed by atoms with Crippen molar-refractivity contribution in [3.8, 4) is 6.07 Å². The van der Waals surface area contributed by atoms with Gasteiger partial charge in [-0.15, -0.1) is 0 Å². The Morgan fingerprint density at radius 3 is 3.08 bits per heavy atom. The Kier molecular flexibility index (Phi) is 2.03. The number of aliphatic hydroxyl groups is 1. The minimum atomic E-state index is -0.323. The van der Waals surface area contributed by atoms with Crippen molar-refractivity contribution in [1.29, 1.82) is 5.26 Å². The van der Waals surface area contributed by atoms with Crippen molar-refractivity contribution in [3.05, 3.63) is 34.9 Å². The predicted octanol–water partition coefficient (Wildman–Crippen LogP) is 1.93. The zero-order chi connectivity index (χ0) is 9.26. The van der Waals surface area contributed by atoms with E-state index in [0.717, 1.165) is 30.4 Å². The highest BCUT2D eigenvalue weighted by atomic mass is 16.3. The summed E-state index contributed by atoms with van der Waals surface area (Å²) in [5, 5.41) is 18.3. The molecule has 13 heavy (non-hydrogen) atoms. The maximum atomic E-state index is 9.64. The molecule has 0 amide bonds. The van der Waals surface area contributed by atoms with Crippen LogP contribution in [0.5, 0.6) is 0 Å². The lowest BCUT2D eigenvalue weighted by Gasteiger charge is -2.20. The quantitative estimate of drug-likeness (QED) is 0.651. The highest BCUT2D eigenvalue weighted by Gasteiger charge is 2.17. The van der Waals surface area contributed by atoms with E-state index in [9.17, 15) is 5.11 Å². The molecule has 1 atom stereocenters. The summed E-state index contributed by atoms with van der Waals surface area (Å²) < 4.78 is 0. The maximum Gasteiger partial charge on any atom is 0.0991 e. The van der Waals surface area contributed by atoms with Crippen molar-refractivity contribution in [2.24, 2.45) is 0 Å². The zero-order valence-corrected chi connectivity index (χ0v) is 7.33. The SMILES string of the molecule is N#Cc1ccc2c(c1)CCC[C@H]2O. The Hall–Kier alpha value is -1.33. The minimum Gasteiger partial charge on any atom is -0.388 e. The number of aliphatic hydroxyl groups excluding tert-OH is 1. The van der Waals surface area contributed by atoms with Crippen LogP contribution in [-0.4, -0.2) is 5.11 Å². The third kappa shape index (κ3) is 1.43. The van der Waals surface area contributed by atoms with E-state index in [1.54, 1.807) is 6.07 Å². The number of rotatable bonds is 0. The lowest BCUT2D eigenvalue weighted by atomic mass is 9.88. The summed E-state index contributed by atoms with van der Waals surface area (Å²) in [4.78, 5) is 0. The van der Waals surface area contributed by atoms with Crippen LogP contribution < -0.4 is 0 Å². The van der Waals surface area contributed by atoms with Gasteiger partial charge < -0.3 is 5.11 Å². The number of aryl methyl sites for hydroxylation is 1. The van der Waals surface area contributed by atoms with Crippen LogP contribution in [-0.2, 0) is 6.42 Å². The topological polar surface area (TPSA) is 44.0 Å². The monoisotopic (exact) mass is 173 g/mol. The predicted molar refractivity (Wildman–Crippen MR) is 49.1 cm³/mol. The molecule has 0 saturated carbocycles. The Morgan fingerprint density at radius 2 is 2.31 bits per heavy atom. The second kappa shape index (κ2) is 3.20. The highest BCUT2D eigenvalue weighted by molar-refractivity contribution is 5.40. The van der Waals surface area contributed by atoms with E-state index >= 15 is 0 Å². The van der Waals surface area contributed by atoms with Gasteiger partial charge in [-0.3, -0.25) is 0 Å². The van der Waals surface area contributed by atoms with Crippen molar-refractivity contribution >= 4 is 0 Å². The summed E-state index contributed by atoms with van der Waals surface area (Å²) in [5.74, 6) is 0. The molecular weight excluding hydrogens is 162 g/mol. The standard InChI is InChI=1S/C11H11NO/c12-7-8-4-5-10-9(6-8)2-1-3-11(10)13/h4-6,11,13H,1-3H2/t11-/m1/s1. The molecular formula is C11H11NO. The molecule has 66 valence electrons. The first-order valence-corrected chi connectivity index (χ1v) is 4.52. The first kappa shape index (κ1) is 8.28. The van der Waals surface area contributed by atoms with Crippen molar-refractivity contribution < 1.29 is 5.11 Å². The number of hydrogen-bond acceptors (Lipinski definition) is 2. The second-order valence-corrected chi connectivity index (χ2v) is 3.43. The van der Waals surface area contributed by atoms with E-state index in [2.05, 4.69) is 6.07 Å². The molecule has 1 aliphatic rings. The van der Waals surface area contributed by atoms with Crippen LogP contribution in [0.15, 0.2) is 18.2 Å². The average molecular weight is 173 g/mol. The fourth-order valence-corrected chi connectivity index (χ4v) is 1.86. The summed E-state index contributed by atoms with van der Waals surface area (Å²) in [6.45, 7) is 0. The first-order valence-electron chi connectivity index (χ1n) is 4.52. The number of hydrogen-bond donors (Lipinski definition) is 1. The molecule has 0 unspecified atom stereocenters. The molecule has 2 nitrogen and oxygen atoms in total. The molecule has 0 bridgehead atoms. The highest BCUT2D eigenvalue weighted by Crippen LogP contribution is 2.29. The van der Waals surface area contributed by atoms with Gasteiger partial charge in [-0.05, 0) is 42.5 Å². The number of nitrogens with zero attached hydrogens (tertiary/aromatic N) is 1. The van der Waals surface area contributed by atoms with Gasteiger partial charge in [-0.1, -0.05) is 6.07 Å². The van der Waals surface area contributed by atoms with Gasteiger partial charge in [-0.2, -0.15) is 5.26 Å². The average Bonchev–Trinajstić information content (AvgIpc) is 2.18. The van der Waals surface area contributed by atoms with E-state index in [4.69, 9.17) is 5.26 Å². The number of benzene rings is 1. The van der Waals surface area contributed by atoms with E-state index in [0.29, 0.717) is 5.56 Å². The fourth-order valence-electron chi connectivity index (χ4n) is 1.86. The molecule has 2 heteroatoms. The molecule has 0 aromatic heterocycles. The summed E-state index contributed by atoms with van der Waals surface area (Å²) in [7, 11) is 0. The summed E-state index contributed by atoms with van der Waals surface area (Å²) in [5.41, 5.74) is 2.83. The Labute approximate surface area is 77.4 Å². The van der Waals surface area contributed by atoms with Gasteiger partial charge >= 0.3 is 0 Å². The Morgan fingerprint density at radius 1 is 1.46 bits per heavy atom. The zero-order valence-electron chi connectivity index (χ0n) is 7.33. The maximum absolute atomic E-state index is 9.64. The third-order valence-electron chi connectivity index (χ3n) is 2.55. The molecule has 1 N–H and O–H groups in total. The fraction of sp³-hybridized carbons (Fsp3) is 0.364. The van der Waals surface area contributed by atoms with Crippen LogP contribution in [0.3, 0.4) is 0 Å². The normalized spacial score (nSPS) is 20.5. The van der Waals surface area contributed by atoms with E-state index in [-0.39, 0.29) is 6.10 Å². The van der Waals surface area contributed by atoms with Crippen molar-refractivity contribution in [2.75, 3.05) is 0 Å². The van der Waals surface area contributed by atoms with Crippen molar-refractivity contribution in [2.45, 2.75) is 25.4 Å². The third-order valence-corrected chi connectivity index (χ3v) is 2.55. The molecule has 0 aliphatic heterocycles. The lowest BCUT2D eigenvalue weighted by molar-refractivity contribution is 0.156. The minimum absolute atomic E-state index is 0.323. The van der Waals surface area contributed by atoms with Gasteiger partial charge in [0.1, 0.15) is 0 Å². The molecule has 1 aromatic carbocycles.